The molecule has 0 aliphatic carbocycles. The van der Waals surface area contributed by atoms with Gasteiger partial charge in [-0.2, -0.15) is 0 Å². The van der Waals surface area contributed by atoms with Gasteiger partial charge in [0.2, 0.25) is 0 Å². The van der Waals surface area contributed by atoms with E-state index in [2.05, 4.69) is 64.1 Å². The van der Waals surface area contributed by atoms with E-state index in [1.54, 1.807) is 0 Å². The largest absolute Gasteiger partial charge is 0.454 e. The average molecular weight is 387 g/mol. The Bertz CT molecular complexity index is 956. The molecule has 0 aliphatic heterocycles. The van der Waals surface area contributed by atoms with Crippen molar-refractivity contribution in [2.75, 3.05) is 0 Å². The van der Waals surface area contributed by atoms with Crippen molar-refractivity contribution < 1.29 is 4.42 Å². The lowest BCUT2D eigenvalue weighted by Crippen LogP contribution is -1.96. The molecule has 0 atom stereocenters. The van der Waals surface area contributed by atoms with Crippen molar-refractivity contribution in [3.05, 3.63) is 83.3 Å². The number of nitrogens with zero attached hydrogens (tertiary/aromatic N) is 2. The summed E-state index contributed by atoms with van der Waals surface area (Å²) in [5.74, 6) is 2.38. The highest BCUT2D eigenvalue weighted by molar-refractivity contribution is 6.01. The number of aliphatic imine (C=N–C) groups is 2. The Hall–Kier alpha value is -2.94. The molecular formula is C26H30N2O. The van der Waals surface area contributed by atoms with E-state index in [4.69, 9.17) is 14.4 Å². The van der Waals surface area contributed by atoms with Crippen LogP contribution >= 0.6 is 0 Å². The minimum atomic E-state index is 0.422. The predicted octanol–water partition coefficient (Wildman–Crippen LogP) is 7.81. The first-order chi connectivity index (χ1) is 13.9. The minimum absolute atomic E-state index is 0.422. The highest BCUT2D eigenvalue weighted by atomic mass is 16.3. The molecule has 3 heteroatoms. The molecule has 3 rings (SSSR count). The van der Waals surface area contributed by atoms with E-state index in [1.807, 2.05) is 38.1 Å². The number of hydrogen-bond acceptors (Lipinski definition) is 3. The second-order valence-corrected chi connectivity index (χ2v) is 7.99. The van der Waals surface area contributed by atoms with Crippen LogP contribution in [0.4, 0.5) is 11.4 Å². The molecule has 3 nitrogen and oxygen atoms in total. The van der Waals surface area contributed by atoms with Gasteiger partial charge in [-0.05, 0) is 61.1 Å². The average Bonchev–Trinajstić information content (AvgIpc) is 3.19. The summed E-state index contributed by atoms with van der Waals surface area (Å²) in [7, 11) is 0. The van der Waals surface area contributed by atoms with Gasteiger partial charge in [0.05, 0.1) is 22.8 Å². The van der Waals surface area contributed by atoms with Crippen molar-refractivity contribution >= 4 is 22.8 Å². The Kier molecular flexibility index (Phi) is 6.48. The third kappa shape index (κ3) is 4.92. The lowest BCUT2D eigenvalue weighted by Gasteiger charge is -2.09. The van der Waals surface area contributed by atoms with Gasteiger partial charge in [0.25, 0.3) is 0 Å². The van der Waals surface area contributed by atoms with Crippen LogP contribution in [0, 0.1) is 0 Å². The number of rotatable bonds is 6. The second kappa shape index (κ2) is 9.04. The van der Waals surface area contributed by atoms with Crippen molar-refractivity contribution in [3.8, 4) is 0 Å². The second-order valence-electron chi connectivity index (χ2n) is 7.99. The first kappa shape index (κ1) is 20.8. The summed E-state index contributed by atoms with van der Waals surface area (Å²) in [6.07, 6.45) is 0. The fraction of sp³-hybridized carbons (Fsp3) is 0.308. The molecule has 2 aromatic carbocycles. The van der Waals surface area contributed by atoms with Crippen molar-refractivity contribution in [1.29, 1.82) is 0 Å². The summed E-state index contributed by atoms with van der Waals surface area (Å²) in [4.78, 5) is 9.65. The molecule has 150 valence electrons. The van der Waals surface area contributed by atoms with Crippen LogP contribution in [-0.4, -0.2) is 11.4 Å². The molecule has 0 spiro atoms. The maximum Gasteiger partial charge on any atom is 0.148 e. The SMILES string of the molecule is C/C(=N\c1ccccc1C(C)C)c1ccc(/C(C)=N/c2ccccc2C(C)C)o1. The quantitative estimate of drug-likeness (QED) is 0.398. The lowest BCUT2D eigenvalue weighted by atomic mass is 10.0. The molecule has 0 N–H and O–H groups in total. The minimum Gasteiger partial charge on any atom is -0.454 e. The van der Waals surface area contributed by atoms with E-state index in [0.717, 1.165) is 34.3 Å². The Morgan fingerprint density at radius 3 is 1.38 bits per heavy atom. The summed E-state index contributed by atoms with van der Waals surface area (Å²) in [5, 5.41) is 0. The Balaban J connectivity index is 1.89. The first-order valence-electron chi connectivity index (χ1n) is 10.3. The normalized spacial score (nSPS) is 12.8. The highest BCUT2D eigenvalue weighted by Crippen LogP contribution is 2.28. The van der Waals surface area contributed by atoms with Crippen LogP contribution in [-0.2, 0) is 0 Å². The first-order valence-corrected chi connectivity index (χ1v) is 10.3. The van der Waals surface area contributed by atoms with Gasteiger partial charge >= 0.3 is 0 Å². The van der Waals surface area contributed by atoms with Gasteiger partial charge in [0.1, 0.15) is 11.5 Å². The van der Waals surface area contributed by atoms with E-state index in [9.17, 15) is 0 Å². The maximum absolute atomic E-state index is 6.09. The fourth-order valence-electron chi connectivity index (χ4n) is 3.35. The molecule has 0 radical (unpaired) electrons. The molecule has 0 amide bonds. The van der Waals surface area contributed by atoms with Gasteiger partial charge in [0.15, 0.2) is 0 Å². The summed E-state index contributed by atoms with van der Waals surface area (Å²) in [6.45, 7) is 12.7. The van der Waals surface area contributed by atoms with Gasteiger partial charge in [-0.25, -0.2) is 9.98 Å². The number of furan rings is 1. The van der Waals surface area contributed by atoms with Gasteiger partial charge in [-0.15, -0.1) is 0 Å². The molecule has 0 fully saturated rings. The summed E-state index contributed by atoms with van der Waals surface area (Å²) < 4.78 is 6.09. The standard InChI is InChI=1S/C26H30N2O/c1-17(2)21-11-7-9-13-23(21)27-19(5)25-15-16-26(29-25)20(6)28-24-14-10-8-12-22(24)18(3)4/h7-18H,1-6H3/b27-19+,28-20+. The third-order valence-corrected chi connectivity index (χ3v) is 5.01. The van der Waals surface area contributed by atoms with Gasteiger partial charge in [0, 0.05) is 0 Å². The topological polar surface area (TPSA) is 37.9 Å². The smallest absolute Gasteiger partial charge is 0.148 e. The Morgan fingerprint density at radius 1 is 0.621 bits per heavy atom. The molecule has 3 aromatic rings. The molecule has 0 saturated carbocycles. The Labute approximate surface area is 174 Å². The molecule has 0 aliphatic rings. The van der Waals surface area contributed by atoms with Crippen molar-refractivity contribution in [2.24, 2.45) is 9.98 Å². The molecule has 29 heavy (non-hydrogen) atoms. The van der Waals surface area contributed by atoms with Crippen LogP contribution in [0.2, 0.25) is 0 Å². The van der Waals surface area contributed by atoms with Crippen LogP contribution in [0.5, 0.6) is 0 Å². The highest BCUT2D eigenvalue weighted by Gasteiger charge is 2.11. The maximum atomic E-state index is 6.09. The van der Waals surface area contributed by atoms with Crippen LogP contribution in [0.25, 0.3) is 0 Å². The van der Waals surface area contributed by atoms with E-state index in [1.165, 1.54) is 11.1 Å². The molecule has 1 aromatic heterocycles. The zero-order chi connectivity index (χ0) is 21.0. The summed E-state index contributed by atoms with van der Waals surface area (Å²) >= 11 is 0. The third-order valence-electron chi connectivity index (χ3n) is 5.01. The monoisotopic (exact) mass is 386 g/mol. The van der Waals surface area contributed by atoms with Crippen molar-refractivity contribution in [1.82, 2.24) is 0 Å². The van der Waals surface area contributed by atoms with Gasteiger partial charge in [-0.1, -0.05) is 64.1 Å². The zero-order valence-electron chi connectivity index (χ0n) is 18.2. The van der Waals surface area contributed by atoms with E-state index < -0.39 is 0 Å². The Morgan fingerprint density at radius 2 is 1.00 bits per heavy atom. The fourth-order valence-corrected chi connectivity index (χ4v) is 3.35. The van der Waals surface area contributed by atoms with Crippen LogP contribution < -0.4 is 0 Å². The van der Waals surface area contributed by atoms with E-state index in [0.29, 0.717) is 11.8 Å². The van der Waals surface area contributed by atoms with Gasteiger partial charge in [-0.3, -0.25) is 0 Å². The van der Waals surface area contributed by atoms with Gasteiger partial charge < -0.3 is 4.42 Å². The molecular weight excluding hydrogens is 356 g/mol. The summed E-state index contributed by atoms with van der Waals surface area (Å²) in [6, 6.07) is 20.5. The van der Waals surface area contributed by atoms with Crippen molar-refractivity contribution in [3.63, 3.8) is 0 Å². The van der Waals surface area contributed by atoms with Crippen LogP contribution in [0.15, 0.2) is 75.1 Å². The zero-order valence-corrected chi connectivity index (χ0v) is 18.2. The van der Waals surface area contributed by atoms with E-state index in [-0.39, 0.29) is 0 Å². The van der Waals surface area contributed by atoms with Crippen LogP contribution in [0.1, 0.15) is 76.0 Å². The molecule has 0 bridgehead atoms. The lowest BCUT2D eigenvalue weighted by molar-refractivity contribution is 0.547. The molecule has 0 unspecified atom stereocenters. The van der Waals surface area contributed by atoms with Crippen molar-refractivity contribution in [2.45, 2.75) is 53.4 Å². The van der Waals surface area contributed by atoms with E-state index >= 15 is 0 Å². The molecule has 0 saturated heterocycles. The summed E-state index contributed by atoms with van der Waals surface area (Å²) in [5.41, 5.74) is 6.19. The molecule has 1 heterocycles. The predicted molar refractivity (Wildman–Crippen MR) is 124 cm³/mol. The van der Waals surface area contributed by atoms with Crippen LogP contribution in [0.3, 0.4) is 0 Å². The number of hydrogen-bond donors (Lipinski definition) is 0. The number of benzene rings is 2. The number of para-hydroxylation sites is 2.